The molecule has 3 heterocycles. The van der Waals surface area contributed by atoms with Crippen LogP contribution < -0.4 is 5.32 Å². The maximum atomic E-state index is 9.72. The highest BCUT2D eigenvalue weighted by Gasteiger charge is 2.28. The summed E-state index contributed by atoms with van der Waals surface area (Å²) in [5, 5.41) is 22.8. The number of hydrogen-bond acceptors (Lipinski definition) is 5. The third kappa shape index (κ3) is 3.16. The van der Waals surface area contributed by atoms with E-state index in [0.717, 1.165) is 47.7 Å². The van der Waals surface area contributed by atoms with Gasteiger partial charge in [0.25, 0.3) is 0 Å². The Morgan fingerprint density at radius 1 is 1.14 bits per heavy atom. The average Bonchev–Trinajstić information content (AvgIpc) is 3.34. The summed E-state index contributed by atoms with van der Waals surface area (Å²) in [5.74, 6) is 1.70. The lowest BCUT2D eigenvalue weighted by atomic mass is 10.1. The molecule has 0 spiro atoms. The highest BCUT2D eigenvalue weighted by molar-refractivity contribution is 5.63. The van der Waals surface area contributed by atoms with Gasteiger partial charge in [-0.1, -0.05) is 12.5 Å². The van der Waals surface area contributed by atoms with Gasteiger partial charge in [0.2, 0.25) is 0 Å². The zero-order chi connectivity index (χ0) is 19.1. The molecule has 0 radical (unpaired) electrons. The minimum Gasteiger partial charge on any atom is -0.396 e. The fourth-order valence-corrected chi connectivity index (χ4v) is 4.46. The zero-order valence-corrected chi connectivity index (χ0v) is 15.9. The molecule has 5 rings (SSSR count). The lowest BCUT2D eigenvalue weighted by molar-refractivity contribution is 0.222. The lowest BCUT2D eigenvalue weighted by Crippen LogP contribution is -2.26. The van der Waals surface area contributed by atoms with Crippen LogP contribution in [-0.2, 0) is 6.61 Å². The van der Waals surface area contributed by atoms with Crippen molar-refractivity contribution in [1.82, 2.24) is 14.4 Å². The van der Waals surface area contributed by atoms with Crippen LogP contribution in [0, 0.1) is 5.92 Å². The number of nitrogens with zero attached hydrogens (tertiary/aromatic N) is 3. The van der Waals surface area contributed by atoms with Crippen LogP contribution in [0.1, 0.15) is 49.1 Å². The Labute approximate surface area is 164 Å². The molecule has 6 nitrogen and oxygen atoms in total. The summed E-state index contributed by atoms with van der Waals surface area (Å²) < 4.78 is 2.09. The first-order valence-electron chi connectivity index (χ1n) is 10.2. The van der Waals surface area contributed by atoms with Gasteiger partial charge in [-0.25, -0.2) is 9.97 Å². The van der Waals surface area contributed by atoms with Crippen molar-refractivity contribution in [3.8, 4) is 11.4 Å². The number of hydrogen-bond donors (Lipinski definition) is 3. The van der Waals surface area contributed by atoms with Gasteiger partial charge in [0.05, 0.1) is 24.2 Å². The summed E-state index contributed by atoms with van der Waals surface area (Å²) in [6, 6.07) is 8.27. The van der Waals surface area contributed by atoms with Crippen LogP contribution in [0.15, 0.2) is 36.7 Å². The molecule has 0 unspecified atom stereocenters. The molecule has 2 saturated carbocycles. The second-order valence-electron chi connectivity index (χ2n) is 8.09. The Morgan fingerprint density at radius 2 is 2.04 bits per heavy atom. The molecule has 3 N–H and O–H groups in total. The van der Waals surface area contributed by atoms with Gasteiger partial charge in [-0.2, -0.15) is 0 Å². The minimum absolute atomic E-state index is 0.0512. The highest BCUT2D eigenvalue weighted by atomic mass is 16.3. The lowest BCUT2D eigenvalue weighted by Gasteiger charge is -2.19. The summed E-state index contributed by atoms with van der Waals surface area (Å²) in [5.41, 5.74) is 4.86. The monoisotopic (exact) mass is 378 g/mol. The Bertz CT molecular complexity index is 995. The van der Waals surface area contributed by atoms with E-state index in [2.05, 4.69) is 20.9 Å². The molecule has 0 aromatic carbocycles. The molecule has 3 aromatic heterocycles. The van der Waals surface area contributed by atoms with Crippen LogP contribution in [-0.4, -0.2) is 37.2 Å². The van der Waals surface area contributed by atoms with Crippen molar-refractivity contribution in [3.63, 3.8) is 0 Å². The van der Waals surface area contributed by atoms with E-state index in [1.807, 2.05) is 30.5 Å². The van der Waals surface area contributed by atoms with Gasteiger partial charge in [0.15, 0.2) is 0 Å². The van der Waals surface area contributed by atoms with Crippen molar-refractivity contribution in [2.24, 2.45) is 5.92 Å². The van der Waals surface area contributed by atoms with Crippen molar-refractivity contribution < 1.29 is 10.2 Å². The van der Waals surface area contributed by atoms with Gasteiger partial charge in [-0.05, 0) is 60.9 Å². The Kier molecular flexibility index (Phi) is 4.53. The van der Waals surface area contributed by atoms with Crippen molar-refractivity contribution in [3.05, 3.63) is 47.8 Å². The molecule has 3 aromatic rings. The molecule has 2 atom stereocenters. The number of aromatic nitrogens is 3. The molecule has 28 heavy (non-hydrogen) atoms. The molecule has 2 fully saturated rings. The first-order chi connectivity index (χ1) is 13.8. The summed E-state index contributed by atoms with van der Waals surface area (Å²) in [6.07, 6.45) is 9.64. The molecule has 0 amide bonds. The molecular weight excluding hydrogens is 352 g/mol. The van der Waals surface area contributed by atoms with E-state index in [9.17, 15) is 10.2 Å². The number of anilines is 1. The smallest absolute Gasteiger partial charge is 0.137 e. The first-order valence-corrected chi connectivity index (χ1v) is 10.2. The van der Waals surface area contributed by atoms with Crippen molar-refractivity contribution >= 4 is 11.5 Å². The first kappa shape index (κ1) is 17.6. The maximum absolute atomic E-state index is 9.72. The van der Waals surface area contributed by atoms with Crippen molar-refractivity contribution in [2.75, 3.05) is 11.9 Å². The van der Waals surface area contributed by atoms with Crippen LogP contribution in [0.4, 0.5) is 5.82 Å². The fourth-order valence-electron chi connectivity index (χ4n) is 4.46. The standard InChI is InChI=1S/C22H26N4O2/c27-12-15-3-1-4-18(15)24-21-6-2-5-19(25-21)20-10-23-22-9-16(13-28)17(11-26(20)22)14-7-8-14/h2,5-6,9-11,14-15,18,27-28H,1,3-4,7-8,12-13H2,(H,24,25)/t15-,18+/m1/s1. The number of aliphatic hydroxyl groups is 2. The third-order valence-electron chi connectivity index (χ3n) is 6.19. The molecule has 0 bridgehead atoms. The van der Waals surface area contributed by atoms with Crippen molar-refractivity contribution in [1.29, 1.82) is 0 Å². The van der Waals surface area contributed by atoms with Crippen LogP contribution in [0.2, 0.25) is 0 Å². The second kappa shape index (κ2) is 7.18. The third-order valence-corrected chi connectivity index (χ3v) is 6.19. The minimum atomic E-state index is 0.0512. The number of nitrogens with one attached hydrogen (secondary N) is 1. The SMILES string of the molecule is OCc1cc2ncc(-c3cccc(N[C@H]4CCC[C@@H]4CO)n3)n2cc1C1CC1. The zero-order valence-electron chi connectivity index (χ0n) is 15.9. The van der Waals surface area contributed by atoms with E-state index >= 15 is 0 Å². The number of fused-ring (bicyclic) bond motifs is 1. The van der Waals surface area contributed by atoms with E-state index in [-0.39, 0.29) is 19.3 Å². The van der Waals surface area contributed by atoms with Gasteiger partial charge in [0.1, 0.15) is 11.5 Å². The predicted molar refractivity (Wildman–Crippen MR) is 108 cm³/mol. The van der Waals surface area contributed by atoms with Gasteiger partial charge in [-0.3, -0.25) is 4.40 Å². The molecule has 0 aliphatic heterocycles. The number of aliphatic hydroxyl groups excluding tert-OH is 2. The molecular formula is C22H26N4O2. The van der Waals surface area contributed by atoms with Crippen LogP contribution >= 0.6 is 0 Å². The topological polar surface area (TPSA) is 82.7 Å². The Morgan fingerprint density at radius 3 is 2.82 bits per heavy atom. The summed E-state index contributed by atoms with van der Waals surface area (Å²) in [6.45, 7) is 0.275. The van der Waals surface area contributed by atoms with Crippen LogP contribution in [0.5, 0.6) is 0 Å². The van der Waals surface area contributed by atoms with Gasteiger partial charge >= 0.3 is 0 Å². The quantitative estimate of drug-likeness (QED) is 0.613. The molecule has 2 aliphatic rings. The van der Waals surface area contributed by atoms with Crippen LogP contribution in [0.25, 0.3) is 17.0 Å². The summed E-state index contributed by atoms with van der Waals surface area (Å²) in [4.78, 5) is 9.37. The van der Waals surface area contributed by atoms with Gasteiger partial charge in [-0.15, -0.1) is 0 Å². The molecule has 146 valence electrons. The predicted octanol–water partition coefficient (Wildman–Crippen LogP) is 3.34. The van der Waals surface area contributed by atoms with Gasteiger partial charge in [0, 0.05) is 24.8 Å². The Hall–Kier alpha value is -2.44. The van der Waals surface area contributed by atoms with E-state index in [4.69, 9.17) is 4.98 Å². The van der Waals surface area contributed by atoms with Crippen LogP contribution in [0.3, 0.4) is 0 Å². The number of pyridine rings is 2. The van der Waals surface area contributed by atoms with E-state index in [1.165, 1.54) is 18.4 Å². The van der Waals surface area contributed by atoms with E-state index in [1.54, 1.807) is 0 Å². The van der Waals surface area contributed by atoms with Crippen molar-refractivity contribution in [2.45, 2.75) is 50.7 Å². The molecule has 0 saturated heterocycles. The normalized spacial score (nSPS) is 22.1. The molecule has 6 heteroatoms. The molecule has 2 aliphatic carbocycles. The summed E-state index contributed by atoms with van der Waals surface area (Å²) >= 11 is 0. The Balaban J connectivity index is 1.49. The number of imidazole rings is 1. The highest BCUT2D eigenvalue weighted by Crippen LogP contribution is 2.42. The summed E-state index contributed by atoms with van der Waals surface area (Å²) in [7, 11) is 0. The fraction of sp³-hybridized carbons (Fsp3) is 0.455. The average molecular weight is 378 g/mol. The van der Waals surface area contributed by atoms with E-state index < -0.39 is 0 Å². The van der Waals surface area contributed by atoms with Gasteiger partial charge < -0.3 is 15.5 Å². The maximum Gasteiger partial charge on any atom is 0.137 e. The largest absolute Gasteiger partial charge is 0.396 e. The van der Waals surface area contributed by atoms with E-state index in [0.29, 0.717) is 11.8 Å². The second-order valence-corrected chi connectivity index (χ2v) is 8.09. The number of rotatable bonds is 6.